The van der Waals surface area contributed by atoms with E-state index in [0.717, 1.165) is 27.3 Å². The van der Waals surface area contributed by atoms with Gasteiger partial charge in [-0.05, 0) is 18.1 Å². The van der Waals surface area contributed by atoms with Crippen LogP contribution in [0.25, 0.3) is 0 Å². The number of aryl methyl sites for hydroxylation is 1. The predicted molar refractivity (Wildman–Crippen MR) is 98.6 cm³/mol. The molecule has 1 N–H and O–H groups in total. The van der Waals surface area contributed by atoms with Gasteiger partial charge < -0.3 is 0 Å². The minimum atomic E-state index is -3.52. The first-order chi connectivity index (χ1) is 11.8. The molecule has 25 heavy (non-hydrogen) atoms. The third-order valence-electron chi connectivity index (χ3n) is 3.44. The molecule has 0 heterocycles. The molecule has 2 aromatic carbocycles. The molecule has 0 spiro atoms. The van der Waals surface area contributed by atoms with E-state index in [-0.39, 0.29) is 13.1 Å². The maximum atomic E-state index is 12.0. The van der Waals surface area contributed by atoms with E-state index in [4.69, 9.17) is 0 Å². The fraction of sp³-hybridized carbons (Fsp3) is 0.222. The quantitative estimate of drug-likeness (QED) is 0.606. The van der Waals surface area contributed by atoms with Crippen molar-refractivity contribution in [2.24, 2.45) is 5.10 Å². The van der Waals surface area contributed by atoms with Gasteiger partial charge in [0.2, 0.25) is 10.0 Å². The molecule has 0 fully saturated rings. The van der Waals surface area contributed by atoms with Gasteiger partial charge in [-0.2, -0.15) is 9.41 Å². The Hall–Kier alpha value is -2.51. The molecule has 0 radical (unpaired) electrons. The van der Waals surface area contributed by atoms with Gasteiger partial charge in [0.05, 0.1) is 19.0 Å². The van der Waals surface area contributed by atoms with Crippen LogP contribution in [0.2, 0.25) is 0 Å². The van der Waals surface area contributed by atoms with Crippen LogP contribution in [-0.4, -0.2) is 37.6 Å². The van der Waals surface area contributed by atoms with Crippen LogP contribution in [0.1, 0.15) is 16.7 Å². The van der Waals surface area contributed by atoms with E-state index in [0.29, 0.717) is 0 Å². The van der Waals surface area contributed by atoms with E-state index in [1.165, 1.54) is 6.21 Å². The highest BCUT2D eigenvalue weighted by molar-refractivity contribution is 7.88. The Kier molecular flexibility index (Phi) is 6.44. The zero-order chi connectivity index (χ0) is 18.3. The van der Waals surface area contributed by atoms with Crippen LogP contribution in [0.3, 0.4) is 0 Å². The Balaban J connectivity index is 1.97. The molecule has 0 saturated carbocycles. The van der Waals surface area contributed by atoms with Gasteiger partial charge in [-0.3, -0.25) is 4.79 Å². The third kappa shape index (κ3) is 6.48. The number of nitrogens with zero attached hydrogens (tertiary/aromatic N) is 2. The van der Waals surface area contributed by atoms with E-state index in [9.17, 15) is 13.2 Å². The van der Waals surface area contributed by atoms with Crippen molar-refractivity contribution in [1.82, 2.24) is 9.73 Å². The van der Waals surface area contributed by atoms with Crippen molar-refractivity contribution in [3.05, 3.63) is 71.3 Å². The van der Waals surface area contributed by atoms with E-state index in [1.54, 1.807) is 0 Å². The van der Waals surface area contributed by atoms with E-state index < -0.39 is 15.9 Å². The second-order valence-electron chi connectivity index (χ2n) is 5.72. The van der Waals surface area contributed by atoms with Crippen molar-refractivity contribution in [3.63, 3.8) is 0 Å². The van der Waals surface area contributed by atoms with Gasteiger partial charge in [-0.25, -0.2) is 13.8 Å². The normalized spacial score (nSPS) is 11.8. The molecule has 0 saturated heterocycles. The van der Waals surface area contributed by atoms with E-state index >= 15 is 0 Å². The number of sulfonamides is 1. The average molecular weight is 359 g/mol. The van der Waals surface area contributed by atoms with Crippen LogP contribution in [-0.2, 0) is 21.4 Å². The summed E-state index contributed by atoms with van der Waals surface area (Å²) in [7, 11) is -3.52. The van der Waals surface area contributed by atoms with Gasteiger partial charge in [0, 0.05) is 6.54 Å². The molecule has 0 bridgehead atoms. The minimum Gasteiger partial charge on any atom is -0.272 e. The zero-order valence-corrected chi connectivity index (χ0v) is 15.0. The van der Waals surface area contributed by atoms with Crippen molar-refractivity contribution < 1.29 is 13.2 Å². The smallest absolute Gasteiger partial charge is 0.255 e. The number of nitrogens with one attached hydrogen (secondary N) is 1. The lowest BCUT2D eigenvalue weighted by Crippen LogP contribution is -2.38. The molecule has 6 nitrogen and oxygen atoms in total. The van der Waals surface area contributed by atoms with Crippen molar-refractivity contribution >= 4 is 22.1 Å². The maximum Gasteiger partial charge on any atom is 0.255 e. The average Bonchev–Trinajstić information content (AvgIpc) is 2.54. The molecule has 2 rings (SSSR count). The van der Waals surface area contributed by atoms with Crippen LogP contribution in [0.4, 0.5) is 0 Å². The summed E-state index contributed by atoms with van der Waals surface area (Å²) >= 11 is 0. The van der Waals surface area contributed by atoms with Crippen LogP contribution in [0, 0.1) is 6.92 Å². The lowest BCUT2D eigenvalue weighted by Gasteiger charge is -2.18. The lowest BCUT2D eigenvalue weighted by molar-refractivity contribution is -0.121. The highest BCUT2D eigenvalue weighted by Crippen LogP contribution is 2.08. The summed E-state index contributed by atoms with van der Waals surface area (Å²) in [6, 6.07) is 16.8. The number of hydrazone groups is 1. The molecule has 1 amide bonds. The SMILES string of the molecule is Cc1cccc(C=NNC(=O)CN(Cc2ccccc2)S(C)(=O)=O)c1. The summed E-state index contributed by atoms with van der Waals surface area (Å²) in [5.74, 6) is -0.495. The third-order valence-corrected chi connectivity index (χ3v) is 4.63. The molecule has 0 aromatic heterocycles. The second kappa shape index (κ2) is 8.55. The molecule has 0 atom stereocenters. The summed E-state index contributed by atoms with van der Waals surface area (Å²) in [4.78, 5) is 12.0. The van der Waals surface area contributed by atoms with Gasteiger partial charge in [-0.15, -0.1) is 0 Å². The maximum absolute atomic E-state index is 12.0. The van der Waals surface area contributed by atoms with Gasteiger partial charge in [0.25, 0.3) is 5.91 Å². The Morgan fingerprint density at radius 3 is 2.52 bits per heavy atom. The number of amides is 1. The fourth-order valence-electron chi connectivity index (χ4n) is 2.20. The number of hydrogen-bond acceptors (Lipinski definition) is 4. The molecular weight excluding hydrogens is 338 g/mol. The van der Waals surface area contributed by atoms with Gasteiger partial charge >= 0.3 is 0 Å². The molecule has 2 aromatic rings. The first-order valence-corrected chi connectivity index (χ1v) is 9.57. The fourth-order valence-corrected chi connectivity index (χ4v) is 2.94. The highest BCUT2D eigenvalue weighted by Gasteiger charge is 2.20. The number of carbonyl (C=O) groups excluding carboxylic acids is 1. The Labute approximate surface area is 148 Å². The van der Waals surface area contributed by atoms with Crippen molar-refractivity contribution in [2.45, 2.75) is 13.5 Å². The number of carbonyl (C=O) groups is 1. The zero-order valence-electron chi connectivity index (χ0n) is 14.2. The highest BCUT2D eigenvalue weighted by atomic mass is 32.2. The number of hydrogen-bond donors (Lipinski definition) is 1. The molecule has 0 aliphatic carbocycles. The summed E-state index contributed by atoms with van der Waals surface area (Å²) in [6.45, 7) is 1.80. The van der Waals surface area contributed by atoms with E-state index in [1.807, 2.05) is 61.5 Å². The van der Waals surface area contributed by atoms with Crippen LogP contribution in [0.15, 0.2) is 59.7 Å². The van der Waals surface area contributed by atoms with Crippen molar-refractivity contribution in [3.8, 4) is 0 Å². The Morgan fingerprint density at radius 1 is 1.16 bits per heavy atom. The standard InChI is InChI=1S/C18H21N3O3S/c1-15-7-6-10-17(11-15)12-19-20-18(22)14-21(25(2,23)24)13-16-8-4-3-5-9-16/h3-12H,13-14H2,1-2H3,(H,20,22). The summed E-state index contributed by atoms with van der Waals surface area (Å²) in [5, 5.41) is 3.88. The van der Waals surface area contributed by atoms with Crippen LogP contribution in [0.5, 0.6) is 0 Å². The summed E-state index contributed by atoms with van der Waals surface area (Å²) in [6.07, 6.45) is 2.60. The summed E-state index contributed by atoms with van der Waals surface area (Å²) < 4.78 is 24.9. The van der Waals surface area contributed by atoms with Crippen LogP contribution >= 0.6 is 0 Å². The lowest BCUT2D eigenvalue weighted by atomic mass is 10.2. The first-order valence-electron chi connectivity index (χ1n) is 7.72. The first kappa shape index (κ1) is 18.8. The van der Waals surface area contributed by atoms with Gasteiger partial charge in [-0.1, -0.05) is 60.2 Å². The number of rotatable bonds is 7. The number of benzene rings is 2. The monoisotopic (exact) mass is 359 g/mol. The molecular formula is C18H21N3O3S. The molecule has 7 heteroatoms. The molecule has 0 aliphatic rings. The van der Waals surface area contributed by atoms with Crippen LogP contribution < -0.4 is 5.43 Å². The predicted octanol–water partition coefficient (Wildman–Crippen LogP) is 1.91. The van der Waals surface area contributed by atoms with Gasteiger partial charge in [0.15, 0.2) is 0 Å². The topological polar surface area (TPSA) is 78.8 Å². The van der Waals surface area contributed by atoms with Crippen molar-refractivity contribution in [2.75, 3.05) is 12.8 Å². The molecule has 0 unspecified atom stereocenters. The summed E-state index contributed by atoms with van der Waals surface area (Å²) in [5.41, 5.74) is 5.11. The second-order valence-corrected chi connectivity index (χ2v) is 7.71. The largest absolute Gasteiger partial charge is 0.272 e. The molecule has 0 aliphatic heterocycles. The Bertz CT molecular complexity index is 849. The van der Waals surface area contributed by atoms with Crippen molar-refractivity contribution in [1.29, 1.82) is 0 Å². The van der Waals surface area contributed by atoms with Gasteiger partial charge in [0.1, 0.15) is 0 Å². The minimum absolute atomic E-state index is 0.134. The van der Waals surface area contributed by atoms with E-state index in [2.05, 4.69) is 10.5 Å². The molecule has 132 valence electrons. The Morgan fingerprint density at radius 2 is 1.88 bits per heavy atom.